The van der Waals surface area contributed by atoms with Gasteiger partial charge in [0.05, 0.1) is 11.5 Å². The quantitative estimate of drug-likeness (QED) is 0.779. The zero-order valence-corrected chi connectivity index (χ0v) is 11.5. The molecule has 1 aromatic carbocycles. The highest BCUT2D eigenvalue weighted by Crippen LogP contribution is 2.24. The number of benzene rings is 1. The Balaban J connectivity index is 2.91. The van der Waals surface area contributed by atoms with Crippen molar-refractivity contribution in [2.24, 2.45) is 0 Å². The van der Waals surface area contributed by atoms with Crippen molar-refractivity contribution >= 4 is 25.8 Å². The number of ether oxygens (including phenoxy) is 2. The Labute approximate surface area is 104 Å². The molecule has 0 aliphatic carbocycles. The van der Waals surface area contributed by atoms with E-state index in [4.69, 9.17) is 9.47 Å². The van der Waals surface area contributed by atoms with Gasteiger partial charge in [-0.05, 0) is 18.2 Å². The Kier molecular flexibility index (Phi) is 4.76. The first kappa shape index (κ1) is 13.5. The predicted octanol–water partition coefficient (Wildman–Crippen LogP) is 1.88. The number of rotatable bonds is 5. The summed E-state index contributed by atoms with van der Waals surface area (Å²) in [7, 11) is -1.64. The summed E-state index contributed by atoms with van der Waals surface area (Å²) in [6.45, 7) is 0.844. The molecule has 4 nitrogen and oxygen atoms in total. The Morgan fingerprint density at radius 3 is 2.50 bits per heavy atom. The summed E-state index contributed by atoms with van der Waals surface area (Å²) in [4.78, 5) is 0.231. The van der Waals surface area contributed by atoms with Gasteiger partial charge in [0, 0.05) is 17.8 Å². The minimum atomic E-state index is -3.22. The average Bonchev–Trinajstić information content (AvgIpc) is 2.16. The molecule has 0 heterocycles. The van der Waals surface area contributed by atoms with Crippen molar-refractivity contribution in [2.45, 2.75) is 4.90 Å². The highest BCUT2D eigenvalue weighted by atomic mass is 79.9. The van der Waals surface area contributed by atoms with Gasteiger partial charge >= 0.3 is 0 Å². The molecule has 0 unspecified atom stereocenters. The standard InChI is InChI=1S/C10H13BrO4S/c1-14-3-4-15-9-5-8(11)6-10(7-9)16(2,12)13/h5-7H,3-4H2,1-2H3. The Morgan fingerprint density at radius 1 is 1.25 bits per heavy atom. The second-order valence-corrected chi connectivity index (χ2v) is 6.17. The minimum absolute atomic E-state index is 0.231. The van der Waals surface area contributed by atoms with E-state index in [1.165, 1.54) is 6.07 Å². The fourth-order valence-electron chi connectivity index (χ4n) is 1.08. The molecule has 0 aliphatic heterocycles. The van der Waals surface area contributed by atoms with Gasteiger partial charge in [-0.2, -0.15) is 0 Å². The maximum absolute atomic E-state index is 11.4. The first-order valence-electron chi connectivity index (χ1n) is 4.56. The highest BCUT2D eigenvalue weighted by molar-refractivity contribution is 9.10. The third-order valence-corrected chi connectivity index (χ3v) is 3.38. The van der Waals surface area contributed by atoms with Gasteiger partial charge in [-0.1, -0.05) is 15.9 Å². The van der Waals surface area contributed by atoms with Crippen molar-refractivity contribution < 1.29 is 17.9 Å². The molecule has 0 bridgehead atoms. The molecule has 0 amide bonds. The number of methoxy groups -OCH3 is 1. The van der Waals surface area contributed by atoms with Gasteiger partial charge in [0.2, 0.25) is 0 Å². The van der Waals surface area contributed by atoms with Crippen LogP contribution in [0.4, 0.5) is 0 Å². The van der Waals surface area contributed by atoms with Crippen LogP contribution in [0.3, 0.4) is 0 Å². The van der Waals surface area contributed by atoms with E-state index in [2.05, 4.69) is 15.9 Å². The van der Waals surface area contributed by atoms with E-state index in [9.17, 15) is 8.42 Å². The maximum atomic E-state index is 11.4. The highest BCUT2D eigenvalue weighted by Gasteiger charge is 2.10. The summed E-state index contributed by atoms with van der Waals surface area (Å²) in [5.41, 5.74) is 0. The van der Waals surface area contributed by atoms with E-state index >= 15 is 0 Å². The van der Waals surface area contributed by atoms with Crippen molar-refractivity contribution in [2.75, 3.05) is 26.6 Å². The number of halogens is 1. The van der Waals surface area contributed by atoms with E-state index in [0.717, 1.165) is 6.26 Å². The molecule has 0 spiro atoms. The van der Waals surface area contributed by atoms with Crippen LogP contribution in [0.5, 0.6) is 5.75 Å². The summed E-state index contributed by atoms with van der Waals surface area (Å²) in [6, 6.07) is 4.75. The summed E-state index contributed by atoms with van der Waals surface area (Å²) in [5, 5.41) is 0. The van der Waals surface area contributed by atoms with Crippen molar-refractivity contribution in [1.29, 1.82) is 0 Å². The lowest BCUT2D eigenvalue weighted by Gasteiger charge is -2.07. The molecule has 0 N–H and O–H groups in total. The molecular formula is C10H13BrO4S. The third-order valence-electron chi connectivity index (χ3n) is 1.83. The lowest BCUT2D eigenvalue weighted by atomic mass is 10.3. The fourth-order valence-corrected chi connectivity index (χ4v) is 2.37. The van der Waals surface area contributed by atoms with Crippen molar-refractivity contribution in [3.8, 4) is 5.75 Å². The molecule has 0 saturated heterocycles. The summed E-state index contributed by atoms with van der Waals surface area (Å²) >= 11 is 3.24. The van der Waals surface area contributed by atoms with E-state index < -0.39 is 9.84 Å². The average molecular weight is 309 g/mol. The van der Waals surface area contributed by atoms with Crippen LogP contribution < -0.4 is 4.74 Å². The van der Waals surface area contributed by atoms with E-state index in [-0.39, 0.29) is 4.90 Å². The van der Waals surface area contributed by atoms with Gasteiger partial charge in [0.15, 0.2) is 9.84 Å². The third kappa shape index (κ3) is 4.11. The molecule has 6 heteroatoms. The molecule has 16 heavy (non-hydrogen) atoms. The Morgan fingerprint density at radius 2 is 1.94 bits per heavy atom. The maximum Gasteiger partial charge on any atom is 0.175 e. The molecule has 0 aliphatic rings. The molecule has 0 atom stereocenters. The first-order valence-corrected chi connectivity index (χ1v) is 7.24. The smallest absolute Gasteiger partial charge is 0.175 e. The largest absolute Gasteiger partial charge is 0.491 e. The number of hydrogen-bond donors (Lipinski definition) is 0. The van der Waals surface area contributed by atoms with Gasteiger partial charge in [-0.15, -0.1) is 0 Å². The molecule has 1 aromatic rings. The molecule has 0 saturated carbocycles. The van der Waals surface area contributed by atoms with Gasteiger partial charge in [-0.25, -0.2) is 8.42 Å². The minimum Gasteiger partial charge on any atom is -0.491 e. The van der Waals surface area contributed by atoms with Crippen molar-refractivity contribution in [3.05, 3.63) is 22.7 Å². The summed E-state index contributed by atoms with van der Waals surface area (Å²) < 4.78 is 33.6. The zero-order chi connectivity index (χ0) is 12.2. The fraction of sp³-hybridized carbons (Fsp3) is 0.400. The van der Waals surface area contributed by atoms with Crippen molar-refractivity contribution in [3.63, 3.8) is 0 Å². The van der Waals surface area contributed by atoms with Gasteiger partial charge in [0.25, 0.3) is 0 Å². The van der Waals surface area contributed by atoms with Gasteiger partial charge in [-0.3, -0.25) is 0 Å². The molecule has 90 valence electrons. The predicted molar refractivity (Wildman–Crippen MR) is 64.6 cm³/mol. The molecule has 0 aromatic heterocycles. The number of sulfone groups is 1. The Hall–Kier alpha value is -0.590. The van der Waals surface area contributed by atoms with E-state index in [1.807, 2.05) is 0 Å². The van der Waals surface area contributed by atoms with Crippen LogP contribution in [0.15, 0.2) is 27.6 Å². The van der Waals surface area contributed by atoms with Crippen LogP contribution >= 0.6 is 15.9 Å². The SMILES string of the molecule is COCCOc1cc(Br)cc(S(C)(=O)=O)c1. The topological polar surface area (TPSA) is 52.6 Å². The molecule has 1 rings (SSSR count). The van der Waals surface area contributed by atoms with E-state index in [0.29, 0.717) is 23.4 Å². The van der Waals surface area contributed by atoms with Crippen LogP contribution in [-0.4, -0.2) is 35.0 Å². The molecule has 0 radical (unpaired) electrons. The summed E-state index contributed by atoms with van der Waals surface area (Å²) in [5.74, 6) is 0.506. The first-order chi connectivity index (χ1) is 7.43. The van der Waals surface area contributed by atoms with Crippen LogP contribution in [0, 0.1) is 0 Å². The zero-order valence-electron chi connectivity index (χ0n) is 9.07. The van der Waals surface area contributed by atoms with Crippen LogP contribution in [0.1, 0.15) is 0 Å². The lowest BCUT2D eigenvalue weighted by Crippen LogP contribution is -2.05. The normalized spacial score (nSPS) is 11.4. The molecular weight excluding hydrogens is 296 g/mol. The van der Waals surface area contributed by atoms with Crippen LogP contribution in [-0.2, 0) is 14.6 Å². The Bertz CT molecular complexity index is 456. The molecule has 0 fully saturated rings. The second kappa shape index (κ2) is 5.65. The van der Waals surface area contributed by atoms with Crippen LogP contribution in [0.2, 0.25) is 0 Å². The van der Waals surface area contributed by atoms with Crippen LogP contribution in [0.25, 0.3) is 0 Å². The lowest BCUT2D eigenvalue weighted by molar-refractivity contribution is 0.146. The van der Waals surface area contributed by atoms with Gasteiger partial charge in [0.1, 0.15) is 12.4 Å². The van der Waals surface area contributed by atoms with Crippen molar-refractivity contribution in [1.82, 2.24) is 0 Å². The number of hydrogen-bond acceptors (Lipinski definition) is 4. The summed E-state index contributed by atoms with van der Waals surface area (Å²) in [6.07, 6.45) is 1.16. The van der Waals surface area contributed by atoms with E-state index in [1.54, 1.807) is 19.2 Å². The van der Waals surface area contributed by atoms with Gasteiger partial charge < -0.3 is 9.47 Å². The monoisotopic (exact) mass is 308 g/mol. The second-order valence-electron chi connectivity index (χ2n) is 3.24.